The van der Waals surface area contributed by atoms with Gasteiger partial charge in [0.05, 0.1) is 16.6 Å². The Balaban J connectivity index is 1.71. The molecule has 2 fully saturated rings. The van der Waals surface area contributed by atoms with E-state index >= 15 is 0 Å². The second-order valence-electron chi connectivity index (χ2n) is 6.37. The van der Waals surface area contributed by atoms with Crippen LogP contribution in [0, 0.1) is 27.4 Å². The number of likely N-dealkylation sites (tertiary alicyclic amines) is 1. The van der Waals surface area contributed by atoms with Crippen LogP contribution in [0.1, 0.15) is 31.2 Å². The van der Waals surface area contributed by atoms with E-state index in [2.05, 4.69) is 0 Å². The normalized spacial score (nSPS) is 18.5. The first-order chi connectivity index (χ1) is 11.6. The maximum atomic E-state index is 12.5. The quantitative estimate of drug-likeness (QED) is 0.627. The van der Waals surface area contributed by atoms with Crippen molar-refractivity contribution >= 4 is 17.3 Å². The first kappa shape index (κ1) is 16.2. The molecule has 7 heteroatoms. The standard InChI is InChI=1S/C17H20N4O3/c18-12-13-3-4-15(21(23)24)16(11-13)19-9-5-14(6-10-19)17(22)20-7-1-2-8-20/h3-4,11,14H,1-2,5-10H2. The molecule has 0 bridgehead atoms. The van der Waals surface area contributed by atoms with Crippen molar-refractivity contribution in [2.24, 2.45) is 5.92 Å². The lowest BCUT2D eigenvalue weighted by atomic mass is 9.94. The number of benzene rings is 1. The molecule has 7 nitrogen and oxygen atoms in total. The molecule has 0 spiro atoms. The van der Waals surface area contributed by atoms with Crippen LogP contribution in [-0.4, -0.2) is 41.9 Å². The molecule has 2 aliphatic rings. The predicted octanol–water partition coefficient (Wildman–Crippen LogP) is 2.31. The highest BCUT2D eigenvalue weighted by Crippen LogP contribution is 2.33. The van der Waals surface area contributed by atoms with Gasteiger partial charge < -0.3 is 9.80 Å². The van der Waals surface area contributed by atoms with Crippen molar-refractivity contribution in [3.63, 3.8) is 0 Å². The smallest absolute Gasteiger partial charge is 0.292 e. The summed E-state index contributed by atoms with van der Waals surface area (Å²) in [5.74, 6) is 0.241. The molecule has 1 amide bonds. The summed E-state index contributed by atoms with van der Waals surface area (Å²) in [4.78, 5) is 27.2. The van der Waals surface area contributed by atoms with Crippen molar-refractivity contribution in [3.8, 4) is 6.07 Å². The molecule has 2 saturated heterocycles. The van der Waals surface area contributed by atoms with E-state index in [1.165, 1.54) is 12.1 Å². The molecule has 1 aromatic carbocycles. The second-order valence-corrected chi connectivity index (χ2v) is 6.37. The van der Waals surface area contributed by atoms with Gasteiger partial charge in [0.1, 0.15) is 5.69 Å². The van der Waals surface area contributed by atoms with Crippen LogP contribution >= 0.6 is 0 Å². The summed E-state index contributed by atoms with van der Waals surface area (Å²) in [6.07, 6.45) is 3.56. The van der Waals surface area contributed by atoms with E-state index in [4.69, 9.17) is 5.26 Å². The van der Waals surface area contributed by atoms with Gasteiger partial charge in [-0.05, 0) is 37.8 Å². The van der Waals surface area contributed by atoms with Crippen molar-refractivity contribution in [2.45, 2.75) is 25.7 Å². The van der Waals surface area contributed by atoms with Crippen LogP contribution in [0.15, 0.2) is 18.2 Å². The van der Waals surface area contributed by atoms with Gasteiger partial charge in [-0.15, -0.1) is 0 Å². The van der Waals surface area contributed by atoms with E-state index in [1.54, 1.807) is 6.07 Å². The Morgan fingerprint density at radius 3 is 2.46 bits per heavy atom. The molecule has 1 aromatic rings. The Morgan fingerprint density at radius 2 is 1.88 bits per heavy atom. The fraction of sp³-hybridized carbons (Fsp3) is 0.529. The minimum absolute atomic E-state index is 0.0116. The van der Waals surface area contributed by atoms with Crippen LogP contribution in [-0.2, 0) is 4.79 Å². The van der Waals surface area contributed by atoms with Gasteiger partial charge in [-0.1, -0.05) is 0 Å². The van der Waals surface area contributed by atoms with Gasteiger partial charge in [0.2, 0.25) is 5.91 Å². The van der Waals surface area contributed by atoms with E-state index in [-0.39, 0.29) is 17.5 Å². The first-order valence-corrected chi connectivity index (χ1v) is 8.32. The molecule has 0 saturated carbocycles. The molecule has 0 N–H and O–H groups in total. The molecule has 0 aliphatic carbocycles. The van der Waals surface area contributed by atoms with Gasteiger partial charge in [-0.2, -0.15) is 5.26 Å². The molecule has 2 aliphatic heterocycles. The molecule has 2 heterocycles. The van der Waals surface area contributed by atoms with Crippen molar-refractivity contribution in [2.75, 3.05) is 31.1 Å². The molecule has 0 unspecified atom stereocenters. The van der Waals surface area contributed by atoms with E-state index in [1.807, 2.05) is 15.9 Å². The summed E-state index contributed by atoms with van der Waals surface area (Å²) in [7, 11) is 0. The Morgan fingerprint density at radius 1 is 1.21 bits per heavy atom. The van der Waals surface area contributed by atoms with Crippen LogP contribution in [0.2, 0.25) is 0 Å². The number of nitro benzene ring substituents is 1. The van der Waals surface area contributed by atoms with Gasteiger partial charge in [-0.25, -0.2) is 0 Å². The third kappa shape index (κ3) is 3.18. The van der Waals surface area contributed by atoms with Gasteiger partial charge in [0, 0.05) is 38.2 Å². The lowest BCUT2D eigenvalue weighted by molar-refractivity contribution is -0.384. The average Bonchev–Trinajstić information content (AvgIpc) is 3.15. The number of anilines is 1. The van der Waals surface area contributed by atoms with Crippen molar-refractivity contribution in [3.05, 3.63) is 33.9 Å². The van der Waals surface area contributed by atoms with Crippen LogP contribution < -0.4 is 4.90 Å². The summed E-state index contributed by atoms with van der Waals surface area (Å²) in [6, 6.07) is 6.44. The molecule has 3 rings (SSSR count). The number of nitrogens with zero attached hydrogens (tertiary/aromatic N) is 4. The summed E-state index contributed by atoms with van der Waals surface area (Å²) >= 11 is 0. The second kappa shape index (κ2) is 6.87. The number of rotatable bonds is 3. The summed E-state index contributed by atoms with van der Waals surface area (Å²) in [5, 5.41) is 20.3. The third-order valence-corrected chi connectivity index (χ3v) is 4.90. The van der Waals surface area contributed by atoms with Crippen molar-refractivity contribution in [1.82, 2.24) is 4.90 Å². The number of amides is 1. The zero-order valence-corrected chi connectivity index (χ0v) is 13.5. The molecule has 0 radical (unpaired) electrons. The lowest BCUT2D eigenvalue weighted by Crippen LogP contribution is -2.41. The predicted molar refractivity (Wildman–Crippen MR) is 88.6 cm³/mol. The van der Waals surface area contributed by atoms with Gasteiger partial charge in [-0.3, -0.25) is 14.9 Å². The summed E-state index contributed by atoms with van der Waals surface area (Å²) in [6.45, 7) is 2.91. The highest BCUT2D eigenvalue weighted by Gasteiger charge is 2.31. The van der Waals surface area contributed by atoms with Crippen LogP contribution in [0.4, 0.5) is 11.4 Å². The van der Waals surface area contributed by atoms with E-state index in [0.717, 1.165) is 25.9 Å². The van der Waals surface area contributed by atoms with Gasteiger partial charge >= 0.3 is 0 Å². The average molecular weight is 328 g/mol. The Bertz CT molecular complexity index is 684. The molecule has 0 atom stereocenters. The minimum Gasteiger partial charge on any atom is -0.366 e. The van der Waals surface area contributed by atoms with E-state index in [9.17, 15) is 14.9 Å². The maximum absolute atomic E-state index is 12.5. The molecular formula is C17H20N4O3. The Kier molecular flexibility index (Phi) is 4.65. The fourth-order valence-corrected chi connectivity index (χ4v) is 3.56. The lowest BCUT2D eigenvalue weighted by Gasteiger charge is -2.34. The molecule has 24 heavy (non-hydrogen) atoms. The zero-order chi connectivity index (χ0) is 17.1. The van der Waals surface area contributed by atoms with E-state index < -0.39 is 4.92 Å². The van der Waals surface area contributed by atoms with Crippen LogP contribution in [0.25, 0.3) is 0 Å². The van der Waals surface area contributed by atoms with Crippen LogP contribution in [0.5, 0.6) is 0 Å². The van der Waals surface area contributed by atoms with E-state index in [0.29, 0.717) is 37.2 Å². The fourth-order valence-electron chi connectivity index (χ4n) is 3.56. The topological polar surface area (TPSA) is 90.5 Å². The first-order valence-electron chi connectivity index (χ1n) is 8.32. The number of carbonyl (C=O) groups is 1. The summed E-state index contributed by atoms with van der Waals surface area (Å²) in [5.41, 5.74) is 0.898. The largest absolute Gasteiger partial charge is 0.366 e. The summed E-state index contributed by atoms with van der Waals surface area (Å²) < 4.78 is 0. The number of carbonyl (C=O) groups excluding carboxylic acids is 1. The molecule has 126 valence electrons. The highest BCUT2D eigenvalue weighted by molar-refractivity contribution is 5.79. The number of hydrogen-bond donors (Lipinski definition) is 0. The van der Waals surface area contributed by atoms with Crippen LogP contribution in [0.3, 0.4) is 0 Å². The van der Waals surface area contributed by atoms with Crippen molar-refractivity contribution in [1.29, 1.82) is 5.26 Å². The Hall–Kier alpha value is -2.62. The van der Waals surface area contributed by atoms with Gasteiger partial charge in [0.25, 0.3) is 5.69 Å². The SMILES string of the molecule is N#Cc1ccc([N+](=O)[O-])c(N2CCC(C(=O)N3CCCC3)CC2)c1. The maximum Gasteiger partial charge on any atom is 0.292 e. The number of nitro groups is 1. The third-order valence-electron chi connectivity index (χ3n) is 4.90. The molecular weight excluding hydrogens is 308 g/mol. The highest BCUT2D eigenvalue weighted by atomic mass is 16.6. The zero-order valence-electron chi connectivity index (χ0n) is 13.5. The Labute approximate surface area is 140 Å². The van der Waals surface area contributed by atoms with Crippen molar-refractivity contribution < 1.29 is 9.72 Å². The number of hydrogen-bond acceptors (Lipinski definition) is 5. The monoisotopic (exact) mass is 328 g/mol. The number of piperidine rings is 1. The van der Waals surface area contributed by atoms with Gasteiger partial charge in [0.15, 0.2) is 0 Å². The number of nitriles is 1. The molecule has 0 aromatic heterocycles. The minimum atomic E-state index is -0.419.